The van der Waals surface area contributed by atoms with Crippen LogP contribution in [0.3, 0.4) is 0 Å². The highest BCUT2D eigenvalue weighted by Crippen LogP contribution is 2.27. The Hall–Kier alpha value is -2.43. The van der Waals surface area contributed by atoms with E-state index in [1.807, 2.05) is 24.0 Å². The van der Waals surface area contributed by atoms with Crippen molar-refractivity contribution < 1.29 is 4.79 Å². The normalized spacial score (nSPS) is 17.6. The molecule has 1 atom stereocenters. The van der Waals surface area contributed by atoms with Gasteiger partial charge in [-0.15, -0.1) is 0 Å². The molecular weight excluding hydrogens is 288 g/mol. The molecule has 0 N–H and O–H groups in total. The number of para-hydroxylation sites is 1. The summed E-state index contributed by atoms with van der Waals surface area (Å²) < 4.78 is 0. The van der Waals surface area contributed by atoms with E-state index in [2.05, 4.69) is 41.0 Å². The van der Waals surface area contributed by atoms with E-state index in [0.717, 1.165) is 18.7 Å². The summed E-state index contributed by atoms with van der Waals surface area (Å²) in [6.07, 6.45) is 4.13. The molecule has 0 bridgehead atoms. The van der Waals surface area contributed by atoms with Crippen LogP contribution in [0.5, 0.6) is 0 Å². The van der Waals surface area contributed by atoms with Gasteiger partial charge in [0.15, 0.2) is 0 Å². The van der Waals surface area contributed by atoms with Crippen molar-refractivity contribution in [3.8, 4) is 0 Å². The van der Waals surface area contributed by atoms with Crippen LogP contribution in [-0.4, -0.2) is 40.4 Å². The zero-order chi connectivity index (χ0) is 16.4. The number of likely N-dealkylation sites (N-methyl/N-ethyl adjacent to an activating group) is 1. The van der Waals surface area contributed by atoms with Crippen molar-refractivity contribution in [3.63, 3.8) is 0 Å². The Balaban J connectivity index is 1.96. The van der Waals surface area contributed by atoms with E-state index in [1.54, 1.807) is 12.4 Å². The molecule has 0 saturated carbocycles. The molecule has 1 aliphatic heterocycles. The largest absolute Gasteiger partial charge is 0.372 e. The molecule has 0 spiro atoms. The van der Waals surface area contributed by atoms with Gasteiger partial charge in [-0.1, -0.05) is 25.1 Å². The molecule has 3 rings (SSSR count). The van der Waals surface area contributed by atoms with Crippen molar-refractivity contribution in [1.82, 2.24) is 14.9 Å². The standard InChI is InChI=1S/C18H22N4O/c1-4-15-12-21(3)17-8-6-5-7-14(17)11-22(15)18(23)16-10-19-13(2)9-20-16/h5-10,15H,4,11-12H2,1-3H3. The molecule has 1 aromatic carbocycles. The second-order valence-electron chi connectivity index (χ2n) is 6.05. The third kappa shape index (κ3) is 3.04. The van der Waals surface area contributed by atoms with Gasteiger partial charge in [0.25, 0.3) is 5.91 Å². The highest BCUT2D eigenvalue weighted by molar-refractivity contribution is 5.92. The summed E-state index contributed by atoms with van der Waals surface area (Å²) in [4.78, 5) is 25.6. The Morgan fingerprint density at radius 2 is 2.04 bits per heavy atom. The molecule has 0 fully saturated rings. The van der Waals surface area contributed by atoms with Crippen LogP contribution in [-0.2, 0) is 6.54 Å². The topological polar surface area (TPSA) is 49.3 Å². The van der Waals surface area contributed by atoms with E-state index in [-0.39, 0.29) is 11.9 Å². The van der Waals surface area contributed by atoms with Gasteiger partial charge in [0.2, 0.25) is 0 Å². The van der Waals surface area contributed by atoms with Gasteiger partial charge in [-0.25, -0.2) is 4.98 Å². The number of carbonyl (C=O) groups excluding carboxylic acids is 1. The van der Waals surface area contributed by atoms with E-state index < -0.39 is 0 Å². The minimum atomic E-state index is -0.0468. The van der Waals surface area contributed by atoms with E-state index in [9.17, 15) is 4.79 Å². The number of amides is 1. The lowest BCUT2D eigenvalue weighted by molar-refractivity contribution is 0.0661. The maximum absolute atomic E-state index is 13.0. The highest BCUT2D eigenvalue weighted by Gasteiger charge is 2.29. The van der Waals surface area contributed by atoms with E-state index in [0.29, 0.717) is 12.2 Å². The SMILES string of the molecule is CCC1CN(C)c2ccccc2CN1C(=O)c1cnc(C)cn1. The summed E-state index contributed by atoms with van der Waals surface area (Å²) in [5, 5.41) is 0. The first kappa shape index (κ1) is 15.5. The maximum Gasteiger partial charge on any atom is 0.274 e. The Kier molecular flexibility index (Phi) is 4.28. The van der Waals surface area contributed by atoms with Gasteiger partial charge in [-0.3, -0.25) is 9.78 Å². The van der Waals surface area contributed by atoms with Crippen LogP contribution in [0, 0.1) is 6.92 Å². The van der Waals surface area contributed by atoms with Crippen molar-refractivity contribution in [2.75, 3.05) is 18.5 Å². The smallest absolute Gasteiger partial charge is 0.274 e. The van der Waals surface area contributed by atoms with E-state index in [1.165, 1.54) is 11.3 Å². The zero-order valence-electron chi connectivity index (χ0n) is 13.9. The van der Waals surface area contributed by atoms with Gasteiger partial charge in [0.1, 0.15) is 5.69 Å². The molecule has 120 valence electrons. The van der Waals surface area contributed by atoms with Crippen LogP contribution in [0.4, 0.5) is 5.69 Å². The van der Waals surface area contributed by atoms with Gasteiger partial charge in [0.05, 0.1) is 11.9 Å². The third-order valence-electron chi connectivity index (χ3n) is 4.40. The minimum Gasteiger partial charge on any atom is -0.372 e. The molecule has 1 unspecified atom stereocenters. The van der Waals surface area contributed by atoms with Gasteiger partial charge in [-0.05, 0) is 25.0 Å². The fourth-order valence-corrected chi connectivity index (χ4v) is 3.08. The molecule has 5 heteroatoms. The number of aryl methyl sites for hydroxylation is 1. The monoisotopic (exact) mass is 310 g/mol. The number of hydrogen-bond acceptors (Lipinski definition) is 4. The minimum absolute atomic E-state index is 0.0468. The fraction of sp³-hybridized carbons (Fsp3) is 0.389. The summed E-state index contributed by atoms with van der Waals surface area (Å²) >= 11 is 0. The van der Waals surface area contributed by atoms with Gasteiger partial charge < -0.3 is 9.80 Å². The van der Waals surface area contributed by atoms with Gasteiger partial charge in [0, 0.05) is 38.1 Å². The zero-order valence-corrected chi connectivity index (χ0v) is 13.9. The van der Waals surface area contributed by atoms with Crippen molar-refractivity contribution in [2.45, 2.75) is 32.9 Å². The lowest BCUT2D eigenvalue weighted by Gasteiger charge is -2.30. The van der Waals surface area contributed by atoms with Crippen LogP contribution >= 0.6 is 0 Å². The van der Waals surface area contributed by atoms with Crippen molar-refractivity contribution in [1.29, 1.82) is 0 Å². The van der Waals surface area contributed by atoms with E-state index in [4.69, 9.17) is 0 Å². The van der Waals surface area contributed by atoms with Crippen molar-refractivity contribution >= 4 is 11.6 Å². The number of rotatable bonds is 2. The van der Waals surface area contributed by atoms with Gasteiger partial charge >= 0.3 is 0 Å². The Morgan fingerprint density at radius 1 is 1.26 bits per heavy atom. The average molecular weight is 310 g/mol. The number of aromatic nitrogens is 2. The van der Waals surface area contributed by atoms with Crippen LogP contribution in [0.2, 0.25) is 0 Å². The molecule has 1 amide bonds. The summed E-state index contributed by atoms with van der Waals surface area (Å²) in [5.74, 6) is -0.0468. The van der Waals surface area contributed by atoms with Crippen molar-refractivity contribution in [2.24, 2.45) is 0 Å². The molecule has 0 radical (unpaired) electrons. The number of hydrogen-bond donors (Lipinski definition) is 0. The fourth-order valence-electron chi connectivity index (χ4n) is 3.08. The van der Waals surface area contributed by atoms with E-state index >= 15 is 0 Å². The molecule has 1 aliphatic rings. The Labute approximate surface area is 137 Å². The molecule has 0 saturated heterocycles. The van der Waals surface area contributed by atoms with Crippen LogP contribution in [0.15, 0.2) is 36.7 Å². The summed E-state index contributed by atoms with van der Waals surface area (Å²) in [5.41, 5.74) is 3.58. The summed E-state index contributed by atoms with van der Waals surface area (Å²) in [7, 11) is 2.08. The maximum atomic E-state index is 13.0. The lowest BCUT2D eigenvalue weighted by atomic mass is 10.1. The predicted octanol–water partition coefficient (Wildman–Crippen LogP) is 2.66. The van der Waals surface area contributed by atoms with Crippen LogP contribution < -0.4 is 4.90 Å². The first-order valence-electron chi connectivity index (χ1n) is 7.98. The Morgan fingerprint density at radius 3 is 2.74 bits per heavy atom. The molecule has 0 aliphatic carbocycles. The van der Waals surface area contributed by atoms with Crippen LogP contribution in [0.25, 0.3) is 0 Å². The number of nitrogens with zero attached hydrogens (tertiary/aromatic N) is 4. The summed E-state index contributed by atoms with van der Waals surface area (Å²) in [6.45, 7) is 5.41. The highest BCUT2D eigenvalue weighted by atomic mass is 16.2. The number of anilines is 1. The number of carbonyl (C=O) groups is 1. The first-order valence-corrected chi connectivity index (χ1v) is 7.98. The van der Waals surface area contributed by atoms with Gasteiger partial charge in [-0.2, -0.15) is 0 Å². The second kappa shape index (κ2) is 6.36. The predicted molar refractivity (Wildman–Crippen MR) is 90.4 cm³/mol. The number of fused-ring (bicyclic) bond motifs is 1. The third-order valence-corrected chi connectivity index (χ3v) is 4.40. The summed E-state index contributed by atoms with van der Waals surface area (Å²) in [6, 6.07) is 8.42. The Bertz CT molecular complexity index is 698. The molecule has 1 aromatic heterocycles. The average Bonchev–Trinajstić information content (AvgIpc) is 2.72. The second-order valence-corrected chi connectivity index (χ2v) is 6.05. The quantitative estimate of drug-likeness (QED) is 0.855. The first-order chi connectivity index (χ1) is 11.1. The molecule has 2 aromatic rings. The molecule has 2 heterocycles. The molecule has 23 heavy (non-hydrogen) atoms. The molecule has 5 nitrogen and oxygen atoms in total. The van der Waals surface area contributed by atoms with Crippen LogP contribution in [0.1, 0.15) is 35.1 Å². The molecular formula is C18H22N4O. The van der Waals surface area contributed by atoms with Crippen molar-refractivity contribution in [3.05, 3.63) is 53.6 Å². The lowest BCUT2D eigenvalue weighted by Crippen LogP contribution is -2.43. The number of benzene rings is 1.